The summed E-state index contributed by atoms with van der Waals surface area (Å²) in [7, 11) is -7.84. The van der Waals surface area contributed by atoms with E-state index in [4.69, 9.17) is 0 Å². The number of hydrogen-bond acceptors (Lipinski definition) is 4. The normalized spacial score (nSPS) is 21.0. The highest BCUT2D eigenvalue weighted by Gasteiger charge is 2.69. The van der Waals surface area contributed by atoms with E-state index in [1.54, 1.807) is 60.7 Å². The summed E-state index contributed by atoms with van der Waals surface area (Å²) in [6.45, 7) is 0. The molecule has 0 saturated heterocycles. The summed E-state index contributed by atoms with van der Waals surface area (Å²) in [5.41, 5.74) is 0.637. The van der Waals surface area contributed by atoms with E-state index in [-0.39, 0.29) is 16.2 Å². The van der Waals surface area contributed by atoms with Crippen molar-refractivity contribution in [3.8, 4) is 11.8 Å². The average molecular weight is 423 g/mol. The first kappa shape index (κ1) is 19.4. The van der Waals surface area contributed by atoms with Gasteiger partial charge in [-0.25, -0.2) is 16.8 Å². The molecule has 29 heavy (non-hydrogen) atoms. The largest absolute Gasteiger partial charge is 0.223 e. The summed E-state index contributed by atoms with van der Waals surface area (Å²) in [6, 6.07) is 24.8. The van der Waals surface area contributed by atoms with Crippen molar-refractivity contribution in [3.63, 3.8) is 0 Å². The molecule has 1 saturated carbocycles. The maximum Gasteiger partial charge on any atom is 0.196 e. The molecule has 2 atom stereocenters. The molecule has 0 spiro atoms. The number of sulfone groups is 2. The van der Waals surface area contributed by atoms with Gasteiger partial charge in [-0.1, -0.05) is 66.4 Å². The van der Waals surface area contributed by atoms with E-state index in [1.165, 1.54) is 24.3 Å². The van der Waals surface area contributed by atoms with Crippen LogP contribution in [-0.4, -0.2) is 26.8 Å². The lowest BCUT2D eigenvalue weighted by atomic mass is 10.2. The third-order valence-electron chi connectivity index (χ3n) is 5.02. The molecule has 0 aliphatic heterocycles. The second-order valence-electron chi connectivity index (χ2n) is 6.87. The van der Waals surface area contributed by atoms with Gasteiger partial charge in [-0.3, -0.25) is 0 Å². The smallest absolute Gasteiger partial charge is 0.196 e. The third kappa shape index (κ3) is 3.37. The Morgan fingerprint density at radius 2 is 1.17 bits per heavy atom. The molecule has 4 nitrogen and oxygen atoms in total. The molecule has 1 fully saturated rings. The summed E-state index contributed by atoms with van der Waals surface area (Å²) >= 11 is 0. The number of benzene rings is 3. The van der Waals surface area contributed by atoms with Gasteiger partial charge in [0.1, 0.15) is 0 Å². The van der Waals surface area contributed by atoms with Crippen LogP contribution in [0, 0.1) is 11.8 Å². The fourth-order valence-electron chi connectivity index (χ4n) is 3.34. The van der Waals surface area contributed by atoms with E-state index in [2.05, 4.69) is 11.8 Å². The zero-order valence-corrected chi connectivity index (χ0v) is 17.0. The van der Waals surface area contributed by atoms with Gasteiger partial charge in [0.05, 0.1) is 15.0 Å². The predicted molar refractivity (Wildman–Crippen MR) is 112 cm³/mol. The highest BCUT2D eigenvalue weighted by atomic mass is 32.2. The summed E-state index contributed by atoms with van der Waals surface area (Å²) < 4.78 is 51.6. The molecular formula is C23H18O4S2. The Kier molecular flexibility index (Phi) is 4.81. The van der Waals surface area contributed by atoms with Gasteiger partial charge in [-0.15, -0.1) is 0 Å². The molecule has 6 heteroatoms. The second kappa shape index (κ2) is 7.18. The van der Waals surface area contributed by atoms with Crippen LogP contribution in [0.25, 0.3) is 0 Å². The molecule has 3 aromatic carbocycles. The van der Waals surface area contributed by atoms with Gasteiger partial charge < -0.3 is 0 Å². The maximum absolute atomic E-state index is 13.5. The monoisotopic (exact) mass is 422 g/mol. The average Bonchev–Trinajstić information content (AvgIpc) is 3.52. The van der Waals surface area contributed by atoms with Crippen molar-refractivity contribution in [1.82, 2.24) is 0 Å². The van der Waals surface area contributed by atoms with Crippen LogP contribution >= 0.6 is 0 Å². The van der Waals surface area contributed by atoms with Crippen LogP contribution in [-0.2, 0) is 19.7 Å². The Bertz CT molecular complexity index is 1290. The lowest BCUT2D eigenvalue weighted by Crippen LogP contribution is -2.29. The van der Waals surface area contributed by atoms with Gasteiger partial charge >= 0.3 is 0 Å². The minimum Gasteiger partial charge on any atom is -0.223 e. The first-order chi connectivity index (χ1) is 13.9. The molecule has 0 heterocycles. The fourth-order valence-corrected chi connectivity index (χ4v) is 7.97. The predicted octanol–water partition coefficient (Wildman–Crippen LogP) is 3.50. The molecule has 1 aliphatic rings. The highest BCUT2D eigenvalue weighted by Crippen LogP contribution is 2.52. The summed E-state index contributed by atoms with van der Waals surface area (Å²) in [4.78, 5) is 0.185. The summed E-state index contributed by atoms with van der Waals surface area (Å²) in [6.07, 6.45) is -0.0543. The molecular weight excluding hydrogens is 404 g/mol. The Balaban J connectivity index is 1.84. The van der Waals surface area contributed by atoms with E-state index >= 15 is 0 Å². The molecule has 0 aromatic heterocycles. The van der Waals surface area contributed by atoms with Crippen molar-refractivity contribution in [2.24, 2.45) is 0 Å². The molecule has 0 bridgehead atoms. The zero-order valence-electron chi connectivity index (χ0n) is 15.4. The molecule has 146 valence electrons. The van der Waals surface area contributed by atoms with Crippen molar-refractivity contribution in [1.29, 1.82) is 0 Å². The van der Waals surface area contributed by atoms with Crippen LogP contribution in [0.2, 0.25) is 0 Å². The van der Waals surface area contributed by atoms with Crippen LogP contribution in [0.5, 0.6) is 0 Å². The third-order valence-corrected chi connectivity index (χ3v) is 9.82. The van der Waals surface area contributed by atoms with Crippen LogP contribution in [0.1, 0.15) is 12.0 Å². The van der Waals surface area contributed by atoms with Crippen LogP contribution in [0.3, 0.4) is 0 Å². The van der Waals surface area contributed by atoms with Gasteiger partial charge in [-0.2, -0.15) is 0 Å². The van der Waals surface area contributed by atoms with Crippen molar-refractivity contribution in [2.45, 2.75) is 26.2 Å². The molecule has 0 unspecified atom stereocenters. The SMILES string of the molecule is O=S(=O)(c1ccccc1)[C@H]1C[C@]1(C#Cc1ccccc1)S(=O)(=O)c1ccccc1. The van der Waals surface area contributed by atoms with E-state index in [9.17, 15) is 16.8 Å². The van der Waals surface area contributed by atoms with E-state index in [0.717, 1.165) is 0 Å². The maximum atomic E-state index is 13.5. The fraction of sp³-hybridized carbons (Fsp3) is 0.130. The van der Waals surface area contributed by atoms with Gasteiger partial charge in [0, 0.05) is 5.56 Å². The van der Waals surface area contributed by atoms with Crippen LogP contribution < -0.4 is 0 Å². The van der Waals surface area contributed by atoms with Crippen molar-refractivity contribution < 1.29 is 16.8 Å². The first-order valence-corrected chi connectivity index (χ1v) is 12.1. The highest BCUT2D eigenvalue weighted by molar-refractivity contribution is 7.97. The summed E-state index contributed by atoms with van der Waals surface area (Å²) in [5, 5.41) is -1.11. The second-order valence-corrected chi connectivity index (χ2v) is 11.2. The van der Waals surface area contributed by atoms with Crippen molar-refractivity contribution in [2.75, 3.05) is 0 Å². The lowest BCUT2D eigenvalue weighted by molar-refractivity contribution is 0.581. The standard InChI is InChI=1S/C23H18O4S2/c24-28(25,20-12-6-2-7-13-20)22-18-23(22,17-16-19-10-4-1-5-11-19)29(26,27)21-14-8-3-9-15-21/h1-15,22H,18H2/t22-,23-/m0/s1. The topological polar surface area (TPSA) is 68.3 Å². The van der Waals surface area contributed by atoms with E-state index in [1.807, 2.05) is 6.07 Å². The molecule has 0 radical (unpaired) electrons. The van der Waals surface area contributed by atoms with Gasteiger partial charge in [0.25, 0.3) is 0 Å². The van der Waals surface area contributed by atoms with E-state index < -0.39 is 29.7 Å². The minimum atomic E-state index is -3.99. The number of hydrogen-bond donors (Lipinski definition) is 0. The molecule has 1 aliphatic carbocycles. The Hall–Kier alpha value is -2.88. The lowest BCUT2D eigenvalue weighted by Gasteiger charge is -2.13. The zero-order chi connectivity index (χ0) is 20.5. The summed E-state index contributed by atoms with van der Waals surface area (Å²) in [5.74, 6) is 5.72. The van der Waals surface area contributed by atoms with Crippen LogP contribution in [0.4, 0.5) is 0 Å². The van der Waals surface area contributed by atoms with Crippen molar-refractivity contribution >= 4 is 19.7 Å². The van der Waals surface area contributed by atoms with Gasteiger partial charge in [0.2, 0.25) is 0 Å². The molecule has 4 rings (SSSR count). The van der Waals surface area contributed by atoms with Gasteiger partial charge in [-0.05, 0) is 42.8 Å². The van der Waals surface area contributed by atoms with E-state index in [0.29, 0.717) is 5.56 Å². The molecule has 0 N–H and O–H groups in total. The van der Waals surface area contributed by atoms with Crippen molar-refractivity contribution in [3.05, 3.63) is 96.6 Å². The van der Waals surface area contributed by atoms with Gasteiger partial charge in [0.15, 0.2) is 24.4 Å². The Morgan fingerprint density at radius 1 is 0.690 bits per heavy atom. The first-order valence-electron chi connectivity index (χ1n) is 9.05. The van der Waals surface area contributed by atoms with Crippen LogP contribution in [0.15, 0.2) is 101 Å². The number of rotatable bonds is 4. The Morgan fingerprint density at radius 3 is 1.72 bits per heavy atom. The quantitative estimate of drug-likeness (QED) is 0.604. The Labute approximate surface area is 171 Å². The minimum absolute atomic E-state index is 0.0543. The molecule has 3 aromatic rings. The molecule has 0 amide bonds.